The molecule has 22 heavy (non-hydrogen) atoms. The van der Waals surface area contributed by atoms with Crippen molar-refractivity contribution in [2.75, 3.05) is 6.61 Å². The van der Waals surface area contributed by atoms with Gasteiger partial charge in [-0.25, -0.2) is 0 Å². The summed E-state index contributed by atoms with van der Waals surface area (Å²) in [5.74, 6) is -0.391. The third-order valence-corrected chi connectivity index (χ3v) is 2.93. The number of benzene rings is 2. The van der Waals surface area contributed by atoms with Crippen molar-refractivity contribution in [2.45, 2.75) is 6.42 Å². The molecule has 4 heteroatoms. The maximum atomic E-state index is 12.0. The van der Waals surface area contributed by atoms with Crippen LogP contribution in [0.15, 0.2) is 60.7 Å². The van der Waals surface area contributed by atoms with E-state index in [2.05, 4.69) is 0 Å². The molecule has 0 heterocycles. The van der Waals surface area contributed by atoms with Crippen LogP contribution in [0.25, 0.3) is 6.08 Å². The number of allylic oxidation sites excluding steroid dienone is 1. The van der Waals surface area contributed by atoms with Crippen LogP contribution >= 0.6 is 0 Å². The Kier molecular flexibility index (Phi) is 5.49. The van der Waals surface area contributed by atoms with Crippen LogP contribution in [0.5, 0.6) is 5.75 Å². The summed E-state index contributed by atoms with van der Waals surface area (Å²) >= 11 is 0. The van der Waals surface area contributed by atoms with Crippen molar-refractivity contribution in [3.05, 3.63) is 71.8 Å². The van der Waals surface area contributed by atoms with Gasteiger partial charge in [-0.15, -0.1) is 0 Å². The summed E-state index contributed by atoms with van der Waals surface area (Å²) < 4.78 is 5.35. The fourth-order valence-electron chi connectivity index (χ4n) is 1.83. The molecule has 0 bridgehead atoms. The van der Waals surface area contributed by atoms with Crippen LogP contribution in [-0.4, -0.2) is 23.5 Å². The van der Waals surface area contributed by atoms with E-state index in [1.54, 1.807) is 36.4 Å². The van der Waals surface area contributed by atoms with Crippen LogP contribution in [0.1, 0.15) is 22.3 Å². The first-order chi connectivity index (χ1) is 10.6. The number of aliphatic carboxylic acids is 1. The topological polar surface area (TPSA) is 63.6 Å². The maximum Gasteiger partial charge on any atom is 0.306 e. The number of carbonyl (C=O) groups excluding carboxylic acids is 1. The first kappa shape index (κ1) is 15.5. The zero-order valence-corrected chi connectivity index (χ0v) is 11.9. The Bertz CT molecular complexity index is 674. The monoisotopic (exact) mass is 296 g/mol. The van der Waals surface area contributed by atoms with Crippen LogP contribution in [-0.2, 0) is 4.79 Å². The van der Waals surface area contributed by atoms with Crippen molar-refractivity contribution >= 4 is 17.8 Å². The van der Waals surface area contributed by atoms with E-state index in [-0.39, 0.29) is 18.8 Å². The third kappa shape index (κ3) is 4.90. The predicted molar refractivity (Wildman–Crippen MR) is 84.0 cm³/mol. The maximum absolute atomic E-state index is 12.0. The lowest BCUT2D eigenvalue weighted by molar-refractivity contribution is -0.137. The molecule has 0 atom stereocenters. The summed E-state index contributed by atoms with van der Waals surface area (Å²) in [7, 11) is 0. The molecule has 0 radical (unpaired) electrons. The Morgan fingerprint density at radius 2 is 1.82 bits per heavy atom. The van der Waals surface area contributed by atoms with Gasteiger partial charge in [-0.2, -0.15) is 0 Å². The van der Waals surface area contributed by atoms with Crippen LogP contribution in [0.2, 0.25) is 0 Å². The molecule has 2 rings (SSSR count). The number of rotatable bonds is 7. The number of ketones is 1. The average Bonchev–Trinajstić information content (AvgIpc) is 2.53. The fraction of sp³-hybridized carbons (Fsp3) is 0.111. The molecule has 0 aromatic heterocycles. The third-order valence-electron chi connectivity index (χ3n) is 2.93. The quantitative estimate of drug-likeness (QED) is 0.628. The molecular weight excluding hydrogens is 280 g/mol. The van der Waals surface area contributed by atoms with Crippen molar-refractivity contribution in [3.8, 4) is 5.75 Å². The zero-order valence-electron chi connectivity index (χ0n) is 11.9. The number of ether oxygens (including phenoxy) is 1. The Morgan fingerprint density at radius 1 is 1.05 bits per heavy atom. The van der Waals surface area contributed by atoms with Crippen molar-refractivity contribution in [3.63, 3.8) is 0 Å². The highest BCUT2D eigenvalue weighted by atomic mass is 16.5. The summed E-state index contributed by atoms with van der Waals surface area (Å²) in [4.78, 5) is 22.4. The molecule has 0 fully saturated rings. The van der Waals surface area contributed by atoms with Gasteiger partial charge in [-0.05, 0) is 23.8 Å². The van der Waals surface area contributed by atoms with E-state index in [0.29, 0.717) is 11.3 Å². The predicted octanol–water partition coefficient (Wildman–Crippen LogP) is 3.44. The number of carbonyl (C=O) groups is 2. The van der Waals surface area contributed by atoms with Gasteiger partial charge >= 0.3 is 5.97 Å². The van der Waals surface area contributed by atoms with Gasteiger partial charge in [0.1, 0.15) is 5.75 Å². The molecular formula is C18H16O4. The largest absolute Gasteiger partial charge is 0.493 e. The van der Waals surface area contributed by atoms with E-state index in [0.717, 1.165) is 5.56 Å². The lowest BCUT2D eigenvalue weighted by Crippen LogP contribution is -2.04. The molecule has 0 aliphatic carbocycles. The van der Waals surface area contributed by atoms with Gasteiger partial charge in [0, 0.05) is 5.56 Å². The molecule has 0 unspecified atom stereocenters. The minimum Gasteiger partial charge on any atom is -0.493 e. The number of carboxylic acid groups (broad SMARTS) is 1. The molecule has 112 valence electrons. The van der Waals surface area contributed by atoms with Gasteiger partial charge in [-0.1, -0.05) is 48.5 Å². The average molecular weight is 296 g/mol. The lowest BCUT2D eigenvalue weighted by Gasteiger charge is -2.05. The fourth-order valence-corrected chi connectivity index (χ4v) is 1.83. The normalized spacial score (nSPS) is 10.5. The highest BCUT2D eigenvalue weighted by Crippen LogP contribution is 2.15. The van der Waals surface area contributed by atoms with E-state index in [9.17, 15) is 9.59 Å². The van der Waals surface area contributed by atoms with Gasteiger partial charge in [0.05, 0.1) is 13.0 Å². The lowest BCUT2D eigenvalue weighted by atomic mass is 10.1. The summed E-state index contributed by atoms with van der Waals surface area (Å²) in [6.07, 6.45) is 3.16. The van der Waals surface area contributed by atoms with Crippen molar-refractivity contribution in [1.29, 1.82) is 0 Å². The Hall–Kier alpha value is -2.88. The first-order valence-corrected chi connectivity index (χ1v) is 6.87. The van der Waals surface area contributed by atoms with Gasteiger partial charge in [0.2, 0.25) is 0 Å². The Balaban J connectivity index is 1.99. The summed E-state index contributed by atoms with van der Waals surface area (Å²) in [5.41, 5.74) is 1.45. The van der Waals surface area contributed by atoms with E-state index in [4.69, 9.17) is 9.84 Å². The molecule has 4 nitrogen and oxygen atoms in total. The van der Waals surface area contributed by atoms with Gasteiger partial charge in [0.15, 0.2) is 5.78 Å². The van der Waals surface area contributed by atoms with Crippen molar-refractivity contribution < 1.29 is 19.4 Å². The van der Waals surface area contributed by atoms with E-state index < -0.39 is 5.97 Å². The van der Waals surface area contributed by atoms with Crippen LogP contribution in [0, 0.1) is 0 Å². The van der Waals surface area contributed by atoms with Crippen LogP contribution in [0.3, 0.4) is 0 Å². The van der Waals surface area contributed by atoms with E-state index in [1.165, 1.54) is 6.08 Å². The summed E-state index contributed by atoms with van der Waals surface area (Å²) in [5, 5.41) is 8.57. The molecule has 0 saturated heterocycles. The van der Waals surface area contributed by atoms with Crippen LogP contribution < -0.4 is 4.74 Å². The first-order valence-electron chi connectivity index (χ1n) is 6.87. The minimum atomic E-state index is -0.899. The number of carboxylic acids is 1. The summed E-state index contributed by atoms with van der Waals surface area (Å²) in [6.45, 7) is 0.117. The van der Waals surface area contributed by atoms with Gasteiger partial charge in [0.25, 0.3) is 0 Å². The molecule has 0 amide bonds. The molecule has 0 spiro atoms. The second kappa shape index (κ2) is 7.78. The highest BCUT2D eigenvalue weighted by molar-refractivity contribution is 6.06. The second-order valence-corrected chi connectivity index (χ2v) is 4.63. The van der Waals surface area contributed by atoms with Gasteiger partial charge in [-0.3, -0.25) is 9.59 Å². The zero-order chi connectivity index (χ0) is 15.8. The van der Waals surface area contributed by atoms with Crippen molar-refractivity contribution in [1.82, 2.24) is 0 Å². The highest BCUT2D eigenvalue weighted by Gasteiger charge is 2.01. The number of hydrogen-bond acceptors (Lipinski definition) is 3. The van der Waals surface area contributed by atoms with E-state index in [1.807, 2.05) is 24.3 Å². The summed E-state index contributed by atoms with van der Waals surface area (Å²) in [6, 6.07) is 16.2. The van der Waals surface area contributed by atoms with Gasteiger partial charge < -0.3 is 9.84 Å². The van der Waals surface area contributed by atoms with E-state index >= 15 is 0 Å². The van der Waals surface area contributed by atoms with Crippen LogP contribution in [0.4, 0.5) is 0 Å². The molecule has 2 aromatic rings. The smallest absolute Gasteiger partial charge is 0.306 e. The Labute approximate surface area is 128 Å². The molecule has 1 N–H and O–H groups in total. The SMILES string of the molecule is O=C(O)CCOc1cccc(/C=C/C(=O)c2ccccc2)c1. The van der Waals surface area contributed by atoms with Crippen molar-refractivity contribution in [2.24, 2.45) is 0 Å². The number of hydrogen-bond donors (Lipinski definition) is 1. The molecule has 2 aromatic carbocycles. The Morgan fingerprint density at radius 3 is 2.55 bits per heavy atom. The standard InChI is InChI=1S/C18H16O4/c19-17(15-6-2-1-3-7-15)10-9-14-5-4-8-16(13-14)22-12-11-18(20)21/h1-10,13H,11-12H2,(H,20,21)/b10-9+. The second-order valence-electron chi connectivity index (χ2n) is 4.63. The molecule has 0 aliphatic rings. The molecule has 0 saturated carbocycles. The molecule has 0 aliphatic heterocycles. The minimum absolute atomic E-state index is 0.0490.